The number of ether oxygens (including phenoxy) is 2. The number of methoxy groups -OCH3 is 2. The second-order valence-corrected chi connectivity index (χ2v) is 8.07. The number of amides is 2. The van der Waals surface area contributed by atoms with Crippen LogP contribution in [0.2, 0.25) is 0 Å². The second-order valence-electron chi connectivity index (χ2n) is 7.09. The lowest BCUT2D eigenvalue weighted by molar-refractivity contribution is -0.124. The summed E-state index contributed by atoms with van der Waals surface area (Å²) in [4.78, 5) is 25.4. The van der Waals surface area contributed by atoms with Crippen LogP contribution in [0.25, 0.3) is 0 Å². The van der Waals surface area contributed by atoms with E-state index in [2.05, 4.69) is 10.6 Å². The topological polar surface area (TPSA) is 76.7 Å². The summed E-state index contributed by atoms with van der Waals surface area (Å²) in [6.07, 6.45) is 3.19. The van der Waals surface area contributed by atoms with Crippen LogP contribution < -0.4 is 15.4 Å². The highest BCUT2D eigenvalue weighted by Gasteiger charge is 2.26. The minimum Gasteiger partial charge on any atom is -0.496 e. The minimum atomic E-state index is -0.608. The molecule has 0 bridgehead atoms. The van der Waals surface area contributed by atoms with Crippen molar-refractivity contribution in [1.29, 1.82) is 0 Å². The van der Waals surface area contributed by atoms with Crippen LogP contribution in [0.15, 0.2) is 24.3 Å². The van der Waals surface area contributed by atoms with E-state index >= 15 is 0 Å². The average Bonchev–Trinajstić information content (AvgIpc) is 2.64. The van der Waals surface area contributed by atoms with E-state index in [1.54, 1.807) is 43.1 Å². The number of hydrogen-bond acceptors (Lipinski definition) is 5. The molecule has 1 aromatic rings. The first kappa shape index (κ1) is 23.3. The zero-order valence-electron chi connectivity index (χ0n) is 17.1. The van der Waals surface area contributed by atoms with Gasteiger partial charge in [0.25, 0.3) is 5.91 Å². The summed E-state index contributed by atoms with van der Waals surface area (Å²) >= 11 is 1.63. The summed E-state index contributed by atoms with van der Waals surface area (Å²) in [5, 5.41) is 5.84. The van der Waals surface area contributed by atoms with Crippen LogP contribution in [-0.2, 0) is 9.53 Å². The van der Waals surface area contributed by atoms with Crippen molar-refractivity contribution in [3.63, 3.8) is 0 Å². The summed E-state index contributed by atoms with van der Waals surface area (Å²) in [5.41, 5.74) is 0.0813. The van der Waals surface area contributed by atoms with Crippen molar-refractivity contribution in [2.24, 2.45) is 0 Å². The number of carbonyl (C=O) groups excluding carboxylic acids is 2. The Labute approximate surface area is 166 Å². The number of carbonyl (C=O) groups is 2. The van der Waals surface area contributed by atoms with Gasteiger partial charge in [-0.05, 0) is 57.8 Å². The molecule has 0 unspecified atom stereocenters. The molecular formula is C20H32N2O4S. The van der Waals surface area contributed by atoms with E-state index in [0.29, 0.717) is 24.2 Å². The van der Waals surface area contributed by atoms with Gasteiger partial charge in [-0.15, -0.1) is 0 Å². The predicted octanol–water partition coefficient (Wildman–Crippen LogP) is 2.87. The number of rotatable bonds is 11. The SMILES string of the molecule is COc1ccccc1C(=O)N[C@@H](CCSC)C(=O)N[C@H](C)CC(C)(C)OC. The van der Waals surface area contributed by atoms with E-state index in [9.17, 15) is 9.59 Å². The van der Waals surface area contributed by atoms with Gasteiger partial charge in [0.05, 0.1) is 18.3 Å². The third kappa shape index (κ3) is 7.81. The summed E-state index contributed by atoms with van der Waals surface area (Å²) in [6.45, 7) is 5.89. The van der Waals surface area contributed by atoms with E-state index < -0.39 is 6.04 Å². The van der Waals surface area contributed by atoms with Gasteiger partial charge in [0.1, 0.15) is 11.8 Å². The molecule has 2 atom stereocenters. The van der Waals surface area contributed by atoms with Gasteiger partial charge in [0.15, 0.2) is 0 Å². The predicted molar refractivity (Wildman–Crippen MR) is 111 cm³/mol. The molecule has 7 heteroatoms. The van der Waals surface area contributed by atoms with Gasteiger partial charge >= 0.3 is 0 Å². The third-order valence-electron chi connectivity index (χ3n) is 4.32. The van der Waals surface area contributed by atoms with Crippen molar-refractivity contribution < 1.29 is 19.1 Å². The van der Waals surface area contributed by atoms with Crippen LogP contribution in [0.1, 0.15) is 44.0 Å². The standard InChI is InChI=1S/C20H32N2O4S/c1-14(13-20(2,3)26-5)21-19(24)16(11-12-27-6)22-18(23)15-9-7-8-10-17(15)25-4/h7-10,14,16H,11-13H2,1-6H3,(H,21,24)(H,22,23)/t14-,16+/m1/s1. The Kier molecular flexibility index (Phi) is 9.66. The highest BCUT2D eigenvalue weighted by atomic mass is 32.2. The maximum atomic E-state index is 12.7. The van der Waals surface area contributed by atoms with Crippen molar-refractivity contribution in [3.8, 4) is 5.75 Å². The van der Waals surface area contributed by atoms with Crippen LogP contribution in [0, 0.1) is 0 Å². The molecule has 0 spiro atoms. The zero-order chi connectivity index (χ0) is 20.4. The van der Waals surface area contributed by atoms with Crippen LogP contribution >= 0.6 is 11.8 Å². The van der Waals surface area contributed by atoms with Gasteiger partial charge in [-0.1, -0.05) is 12.1 Å². The molecule has 0 saturated carbocycles. The Hall–Kier alpha value is -1.73. The Morgan fingerprint density at radius 2 is 1.85 bits per heavy atom. The fraction of sp³-hybridized carbons (Fsp3) is 0.600. The van der Waals surface area contributed by atoms with Crippen LogP contribution in [0.3, 0.4) is 0 Å². The minimum absolute atomic E-state index is 0.0765. The Morgan fingerprint density at radius 1 is 1.19 bits per heavy atom. The van der Waals surface area contributed by atoms with Gasteiger partial charge in [-0.3, -0.25) is 9.59 Å². The molecule has 2 amide bonds. The highest BCUT2D eigenvalue weighted by molar-refractivity contribution is 7.98. The molecule has 0 radical (unpaired) electrons. The first-order valence-electron chi connectivity index (χ1n) is 9.02. The molecule has 0 fully saturated rings. The summed E-state index contributed by atoms with van der Waals surface area (Å²) in [7, 11) is 3.17. The molecule has 152 valence electrons. The van der Waals surface area contributed by atoms with Crippen LogP contribution in [0.4, 0.5) is 0 Å². The molecule has 0 saturated heterocycles. The van der Waals surface area contributed by atoms with E-state index in [-0.39, 0.29) is 23.5 Å². The van der Waals surface area contributed by atoms with E-state index in [0.717, 1.165) is 5.75 Å². The maximum Gasteiger partial charge on any atom is 0.255 e. The van der Waals surface area contributed by atoms with Crippen LogP contribution in [-0.4, -0.2) is 55.7 Å². The number of thioether (sulfide) groups is 1. The third-order valence-corrected chi connectivity index (χ3v) is 4.97. The normalized spacial score (nSPS) is 13.6. The first-order chi connectivity index (χ1) is 12.7. The lowest BCUT2D eigenvalue weighted by atomic mass is 9.99. The molecule has 0 heterocycles. The Balaban J connectivity index is 2.82. The van der Waals surface area contributed by atoms with Crippen molar-refractivity contribution in [3.05, 3.63) is 29.8 Å². The molecule has 27 heavy (non-hydrogen) atoms. The lowest BCUT2D eigenvalue weighted by Gasteiger charge is -2.28. The Morgan fingerprint density at radius 3 is 2.44 bits per heavy atom. The molecule has 1 rings (SSSR count). The van der Waals surface area contributed by atoms with E-state index in [4.69, 9.17) is 9.47 Å². The maximum absolute atomic E-state index is 12.7. The summed E-state index contributed by atoms with van der Waals surface area (Å²) < 4.78 is 10.7. The van der Waals surface area contributed by atoms with Crippen molar-refractivity contribution in [2.75, 3.05) is 26.2 Å². The average molecular weight is 397 g/mol. The fourth-order valence-corrected chi connectivity index (χ4v) is 3.26. The fourth-order valence-electron chi connectivity index (χ4n) is 2.79. The molecule has 0 aliphatic rings. The molecular weight excluding hydrogens is 364 g/mol. The molecule has 0 aliphatic carbocycles. The van der Waals surface area contributed by atoms with E-state index in [1.807, 2.05) is 27.0 Å². The smallest absolute Gasteiger partial charge is 0.255 e. The lowest BCUT2D eigenvalue weighted by Crippen LogP contribution is -2.50. The zero-order valence-corrected chi connectivity index (χ0v) is 17.9. The van der Waals surface area contributed by atoms with Gasteiger partial charge in [0.2, 0.25) is 5.91 Å². The number of nitrogens with one attached hydrogen (secondary N) is 2. The van der Waals surface area contributed by atoms with Gasteiger partial charge < -0.3 is 20.1 Å². The summed E-state index contributed by atoms with van der Waals surface area (Å²) in [5.74, 6) is 0.738. The Bertz CT molecular complexity index is 622. The van der Waals surface area contributed by atoms with Crippen LogP contribution in [0.5, 0.6) is 5.75 Å². The first-order valence-corrected chi connectivity index (χ1v) is 10.4. The van der Waals surface area contributed by atoms with Crippen molar-refractivity contribution in [1.82, 2.24) is 10.6 Å². The second kappa shape index (κ2) is 11.2. The molecule has 2 N–H and O–H groups in total. The van der Waals surface area contributed by atoms with Gasteiger partial charge in [-0.2, -0.15) is 11.8 Å². The summed E-state index contributed by atoms with van der Waals surface area (Å²) in [6, 6.07) is 6.29. The van der Waals surface area contributed by atoms with Gasteiger partial charge in [-0.25, -0.2) is 0 Å². The number of para-hydroxylation sites is 1. The molecule has 6 nitrogen and oxygen atoms in total. The highest BCUT2D eigenvalue weighted by Crippen LogP contribution is 2.18. The van der Waals surface area contributed by atoms with Crippen molar-refractivity contribution >= 4 is 23.6 Å². The largest absolute Gasteiger partial charge is 0.496 e. The number of benzene rings is 1. The molecule has 0 aromatic heterocycles. The van der Waals surface area contributed by atoms with Gasteiger partial charge in [0, 0.05) is 13.2 Å². The monoisotopic (exact) mass is 396 g/mol. The van der Waals surface area contributed by atoms with E-state index in [1.165, 1.54) is 7.11 Å². The molecule has 0 aliphatic heterocycles. The quantitative estimate of drug-likeness (QED) is 0.601. The molecule has 1 aromatic carbocycles. The van der Waals surface area contributed by atoms with Crippen molar-refractivity contribution in [2.45, 2.75) is 51.3 Å². The number of hydrogen-bond donors (Lipinski definition) is 2.